The largest absolute Gasteiger partial charge is 0.381 e. The second-order valence-corrected chi connectivity index (χ2v) is 8.32. The average Bonchev–Trinajstić information content (AvgIpc) is 2.85. The highest BCUT2D eigenvalue weighted by molar-refractivity contribution is 5.84. The summed E-state index contributed by atoms with van der Waals surface area (Å²) in [6, 6.07) is 4.19. The number of pyridine rings is 1. The van der Waals surface area contributed by atoms with E-state index in [-0.39, 0.29) is 5.41 Å². The van der Waals surface area contributed by atoms with Gasteiger partial charge in [-0.25, -0.2) is 0 Å². The molecule has 0 saturated carbocycles. The number of ether oxygens (including phenoxy) is 1. The van der Waals surface area contributed by atoms with Crippen LogP contribution in [0.3, 0.4) is 0 Å². The number of hydrogen-bond acceptors (Lipinski definition) is 4. The Labute approximate surface area is 156 Å². The molecule has 3 aliphatic heterocycles. The lowest BCUT2D eigenvalue weighted by molar-refractivity contribution is -0.137. The predicted octanol–water partition coefficient (Wildman–Crippen LogP) is 2.71. The zero-order valence-corrected chi connectivity index (χ0v) is 15.7. The molecule has 4 heterocycles. The molecule has 3 aliphatic rings. The molecule has 0 bridgehead atoms. The standard InChI is InChI=1S/C21H31N3O2/c25-20-21(8-13-24(20)17-19-4-14-26-15-5-19)6-1-11-23(12-7-21)16-18-2-9-22-10-3-18/h2-3,9-10,19H,1,4-8,11-17H2/t21-/m0/s1. The molecule has 1 spiro atoms. The summed E-state index contributed by atoms with van der Waals surface area (Å²) in [7, 11) is 0. The molecule has 1 aromatic rings. The van der Waals surface area contributed by atoms with Gasteiger partial charge in [0.1, 0.15) is 0 Å². The first kappa shape index (κ1) is 17.9. The Hall–Kier alpha value is -1.46. The van der Waals surface area contributed by atoms with Crippen molar-refractivity contribution in [3.63, 3.8) is 0 Å². The maximum Gasteiger partial charge on any atom is 0.228 e. The Morgan fingerprint density at radius 3 is 2.65 bits per heavy atom. The van der Waals surface area contributed by atoms with Crippen LogP contribution in [0.25, 0.3) is 0 Å². The van der Waals surface area contributed by atoms with Crippen LogP contribution in [0.15, 0.2) is 24.5 Å². The minimum absolute atomic E-state index is 0.0852. The van der Waals surface area contributed by atoms with Crippen LogP contribution < -0.4 is 0 Å². The van der Waals surface area contributed by atoms with E-state index in [1.165, 1.54) is 5.56 Å². The lowest BCUT2D eigenvalue weighted by Crippen LogP contribution is -2.39. The monoisotopic (exact) mass is 357 g/mol. The Bertz CT molecular complexity index is 603. The zero-order chi connectivity index (χ0) is 17.8. The van der Waals surface area contributed by atoms with Crippen LogP contribution in [-0.2, 0) is 16.1 Å². The van der Waals surface area contributed by atoms with E-state index < -0.39 is 0 Å². The second kappa shape index (κ2) is 8.05. The summed E-state index contributed by atoms with van der Waals surface area (Å²) in [4.78, 5) is 22.0. The van der Waals surface area contributed by atoms with Crippen LogP contribution >= 0.6 is 0 Å². The van der Waals surface area contributed by atoms with Gasteiger partial charge in [0.2, 0.25) is 5.91 Å². The van der Waals surface area contributed by atoms with Crippen molar-refractivity contribution >= 4 is 5.91 Å². The first-order valence-corrected chi connectivity index (χ1v) is 10.2. The third kappa shape index (κ3) is 3.94. The number of aromatic nitrogens is 1. The molecular weight excluding hydrogens is 326 g/mol. The maximum atomic E-state index is 13.2. The number of carbonyl (C=O) groups is 1. The molecule has 4 rings (SSSR count). The fourth-order valence-electron chi connectivity index (χ4n) is 4.93. The summed E-state index contributed by atoms with van der Waals surface area (Å²) in [6.45, 7) is 6.73. The molecule has 5 nitrogen and oxygen atoms in total. The minimum atomic E-state index is -0.0852. The van der Waals surface area contributed by atoms with Gasteiger partial charge in [-0.15, -0.1) is 0 Å². The number of rotatable bonds is 4. The summed E-state index contributed by atoms with van der Waals surface area (Å²) in [5.74, 6) is 1.08. The highest BCUT2D eigenvalue weighted by Crippen LogP contribution is 2.42. The van der Waals surface area contributed by atoms with Crippen molar-refractivity contribution in [1.29, 1.82) is 0 Å². The van der Waals surface area contributed by atoms with Crippen molar-refractivity contribution < 1.29 is 9.53 Å². The van der Waals surface area contributed by atoms with Crippen LogP contribution in [0.5, 0.6) is 0 Å². The molecule has 3 fully saturated rings. The molecule has 1 atom stereocenters. The van der Waals surface area contributed by atoms with E-state index in [1.807, 2.05) is 12.4 Å². The Morgan fingerprint density at radius 1 is 1.08 bits per heavy atom. The van der Waals surface area contributed by atoms with Gasteiger partial charge in [-0.2, -0.15) is 0 Å². The molecular formula is C21H31N3O2. The molecule has 1 amide bonds. The van der Waals surface area contributed by atoms with Gasteiger partial charge in [-0.05, 0) is 75.2 Å². The SMILES string of the molecule is O=C1N(CC2CCOCC2)CC[C@@]12CCCN(Cc1ccncc1)CC2. The Morgan fingerprint density at radius 2 is 1.85 bits per heavy atom. The van der Waals surface area contributed by atoms with Crippen LogP contribution in [0, 0.1) is 11.3 Å². The van der Waals surface area contributed by atoms with Crippen LogP contribution in [0.2, 0.25) is 0 Å². The van der Waals surface area contributed by atoms with E-state index in [9.17, 15) is 4.79 Å². The first-order valence-electron chi connectivity index (χ1n) is 10.2. The van der Waals surface area contributed by atoms with E-state index in [2.05, 4.69) is 26.9 Å². The summed E-state index contributed by atoms with van der Waals surface area (Å²) >= 11 is 0. The Kier molecular flexibility index (Phi) is 5.55. The van der Waals surface area contributed by atoms with E-state index in [0.717, 1.165) is 84.5 Å². The fourth-order valence-corrected chi connectivity index (χ4v) is 4.93. The number of carbonyl (C=O) groups excluding carboxylic acids is 1. The van der Waals surface area contributed by atoms with Crippen molar-refractivity contribution in [2.45, 2.75) is 45.1 Å². The molecule has 0 N–H and O–H groups in total. The molecule has 0 aliphatic carbocycles. The van der Waals surface area contributed by atoms with Crippen LogP contribution in [-0.4, -0.2) is 60.1 Å². The van der Waals surface area contributed by atoms with Crippen LogP contribution in [0.4, 0.5) is 0 Å². The van der Waals surface area contributed by atoms with Gasteiger partial charge in [-0.1, -0.05) is 0 Å². The van der Waals surface area contributed by atoms with Gasteiger partial charge in [0.05, 0.1) is 5.41 Å². The van der Waals surface area contributed by atoms with Gasteiger partial charge in [-0.3, -0.25) is 14.7 Å². The predicted molar refractivity (Wildman–Crippen MR) is 101 cm³/mol. The third-order valence-electron chi connectivity index (χ3n) is 6.61. The number of likely N-dealkylation sites (tertiary alicyclic amines) is 2. The number of nitrogens with zero attached hydrogens (tertiary/aromatic N) is 3. The quantitative estimate of drug-likeness (QED) is 0.831. The van der Waals surface area contributed by atoms with Crippen molar-refractivity contribution in [3.8, 4) is 0 Å². The van der Waals surface area contributed by atoms with E-state index in [4.69, 9.17) is 4.74 Å². The van der Waals surface area contributed by atoms with Gasteiger partial charge >= 0.3 is 0 Å². The molecule has 1 aromatic heterocycles. The molecule has 5 heteroatoms. The van der Waals surface area contributed by atoms with Gasteiger partial charge < -0.3 is 9.64 Å². The average molecular weight is 357 g/mol. The van der Waals surface area contributed by atoms with Crippen molar-refractivity contribution in [1.82, 2.24) is 14.8 Å². The van der Waals surface area contributed by atoms with Gasteiger partial charge in [0.15, 0.2) is 0 Å². The third-order valence-corrected chi connectivity index (χ3v) is 6.61. The minimum Gasteiger partial charge on any atom is -0.381 e. The number of amides is 1. The van der Waals surface area contributed by atoms with Crippen molar-refractivity contribution in [2.75, 3.05) is 39.4 Å². The summed E-state index contributed by atoms with van der Waals surface area (Å²) in [5.41, 5.74) is 1.23. The zero-order valence-electron chi connectivity index (χ0n) is 15.7. The lowest BCUT2D eigenvalue weighted by atomic mass is 9.79. The number of hydrogen-bond donors (Lipinski definition) is 0. The van der Waals surface area contributed by atoms with Gasteiger partial charge in [0.25, 0.3) is 0 Å². The van der Waals surface area contributed by atoms with Crippen molar-refractivity contribution in [3.05, 3.63) is 30.1 Å². The summed E-state index contributed by atoms with van der Waals surface area (Å²) < 4.78 is 5.47. The van der Waals surface area contributed by atoms with Crippen LogP contribution in [0.1, 0.15) is 44.1 Å². The second-order valence-electron chi connectivity index (χ2n) is 8.32. The summed E-state index contributed by atoms with van der Waals surface area (Å²) in [6.07, 6.45) is 10.2. The van der Waals surface area contributed by atoms with E-state index >= 15 is 0 Å². The smallest absolute Gasteiger partial charge is 0.228 e. The fraction of sp³-hybridized carbons (Fsp3) is 0.714. The molecule has 0 radical (unpaired) electrons. The van der Waals surface area contributed by atoms with E-state index in [1.54, 1.807) is 0 Å². The topological polar surface area (TPSA) is 45.7 Å². The maximum absolute atomic E-state index is 13.2. The molecule has 3 saturated heterocycles. The summed E-state index contributed by atoms with van der Waals surface area (Å²) in [5, 5.41) is 0. The molecule has 26 heavy (non-hydrogen) atoms. The molecule has 0 unspecified atom stereocenters. The van der Waals surface area contributed by atoms with E-state index in [0.29, 0.717) is 11.8 Å². The molecule has 0 aromatic carbocycles. The van der Waals surface area contributed by atoms with Crippen molar-refractivity contribution in [2.24, 2.45) is 11.3 Å². The first-order chi connectivity index (χ1) is 12.8. The normalized spacial score (nSPS) is 28.6. The van der Waals surface area contributed by atoms with Gasteiger partial charge in [0, 0.05) is 45.2 Å². The highest BCUT2D eigenvalue weighted by Gasteiger charge is 2.47. The Balaban J connectivity index is 1.34. The molecule has 142 valence electrons. The lowest BCUT2D eigenvalue weighted by Gasteiger charge is -2.30. The highest BCUT2D eigenvalue weighted by atomic mass is 16.5.